The molecule has 1 saturated carbocycles. The molecule has 224 valence electrons. The van der Waals surface area contributed by atoms with E-state index in [1.807, 2.05) is 30.3 Å². The van der Waals surface area contributed by atoms with Crippen molar-refractivity contribution >= 4 is 39.9 Å². The number of aryl methyl sites for hydroxylation is 1. The van der Waals surface area contributed by atoms with Crippen LogP contribution < -0.4 is 23.7 Å². The normalized spacial score (nSPS) is 14.1. The maximum Gasteiger partial charge on any atom is 0.184 e. The molecule has 5 rings (SSSR count). The van der Waals surface area contributed by atoms with Crippen molar-refractivity contribution < 1.29 is 18.9 Å². The Hall–Kier alpha value is -2.94. The number of hydrogen-bond donors (Lipinski definition) is 0. The SMILES string of the molecule is Br.COc1ccc(CCN=c2scc(C3(c4ccc(Cl)cc4)CCC3)n2CCc2ccc(OC)c(OC)c2)cc1OC. The minimum atomic E-state index is -0.0180. The van der Waals surface area contributed by atoms with Gasteiger partial charge in [0.25, 0.3) is 0 Å². The van der Waals surface area contributed by atoms with E-state index in [2.05, 4.69) is 40.3 Å². The molecule has 1 aliphatic carbocycles. The zero-order valence-electron chi connectivity index (χ0n) is 24.5. The van der Waals surface area contributed by atoms with Gasteiger partial charge in [-0.05, 0) is 78.8 Å². The Morgan fingerprint density at radius 1 is 0.786 bits per heavy atom. The van der Waals surface area contributed by atoms with Crippen LogP contribution in [0.4, 0.5) is 0 Å². The molecule has 0 amide bonds. The van der Waals surface area contributed by atoms with E-state index in [1.54, 1.807) is 39.8 Å². The molecule has 3 aromatic carbocycles. The highest BCUT2D eigenvalue weighted by molar-refractivity contribution is 8.93. The molecule has 6 nitrogen and oxygen atoms in total. The van der Waals surface area contributed by atoms with Crippen LogP contribution in [0.1, 0.15) is 41.6 Å². The van der Waals surface area contributed by atoms with E-state index < -0.39 is 0 Å². The topological polar surface area (TPSA) is 54.2 Å². The molecule has 4 aromatic rings. The molecule has 1 fully saturated rings. The largest absolute Gasteiger partial charge is 0.493 e. The number of hydrogen-bond acceptors (Lipinski definition) is 6. The minimum Gasteiger partial charge on any atom is -0.493 e. The van der Waals surface area contributed by atoms with Crippen molar-refractivity contribution in [3.8, 4) is 23.0 Å². The average Bonchev–Trinajstić information content (AvgIpc) is 3.38. The lowest BCUT2D eigenvalue weighted by atomic mass is 9.62. The lowest BCUT2D eigenvalue weighted by Crippen LogP contribution is -2.39. The molecule has 0 bridgehead atoms. The summed E-state index contributed by atoms with van der Waals surface area (Å²) in [6.07, 6.45) is 5.11. The summed E-state index contributed by atoms with van der Waals surface area (Å²) in [6.45, 7) is 1.50. The molecule has 0 N–H and O–H groups in total. The van der Waals surface area contributed by atoms with E-state index in [0.29, 0.717) is 6.54 Å². The lowest BCUT2D eigenvalue weighted by Gasteiger charge is -2.43. The first-order valence-electron chi connectivity index (χ1n) is 13.9. The molecule has 0 spiro atoms. The third-order valence-corrected chi connectivity index (χ3v) is 9.21. The van der Waals surface area contributed by atoms with Crippen LogP contribution in [-0.2, 0) is 24.8 Å². The van der Waals surface area contributed by atoms with Gasteiger partial charge in [0.15, 0.2) is 27.8 Å². The average molecular weight is 674 g/mol. The summed E-state index contributed by atoms with van der Waals surface area (Å²) in [5.41, 5.74) is 4.99. The summed E-state index contributed by atoms with van der Waals surface area (Å²) < 4.78 is 24.3. The van der Waals surface area contributed by atoms with E-state index in [4.69, 9.17) is 35.5 Å². The number of aromatic nitrogens is 1. The number of thiazole rings is 1. The van der Waals surface area contributed by atoms with Crippen molar-refractivity contribution in [2.45, 2.75) is 44.1 Å². The van der Waals surface area contributed by atoms with E-state index >= 15 is 0 Å². The Morgan fingerprint density at radius 3 is 1.88 bits per heavy atom. The highest BCUT2D eigenvalue weighted by Crippen LogP contribution is 2.49. The summed E-state index contributed by atoms with van der Waals surface area (Å²) >= 11 is 7.99. The summed E-state index contributed by atoms with van der Waals surface area (Å²) in [6, 6.07) is 20.6. The Kier molecular flexibility index (Phi) is 11.0. The first-order chi connectivity index (χ1) is 20.0. The zero-order valence-corrected chi connectivity index (χ0v) is 27.8. The molecule has 0 aliphatic heterocycles. The Bertz CT molecular complexity index is 1550. The van der Waals surface area contributed by atoms with Gasteiger partial charge in [-0.1, -0.05) is 42.3 Å². The van der Waals surface area contributed by atoms with Crippen LogP contribution in [0.15, 0.2) is 71.0 Å². The molecule has 9 heteroatoms. The quantitative estimate of drug-likeness (QED) is 0.155. The van der Waals surface area contributed by atoms with Crippen LogP contribution in [0, 0.1) is 0 Å². The molecule has 0 atom stereocenters. The van der Waals surface area contributed by atoms with Crippen LogP contribution in [-0.4, -0.2) is 39.6 Å². The fourth-order valence-electron chi connectivity index (χ4n) is 5.63. The van der Waals surface area contributed by atoms with Gasteiger partial charge in [-0.2, -0.15) is 0 Å². The van der Waals surface area contributed by atoms with E-state index in [9.17, 15) is 0 Å². The zero-order chi connectivity index (χ0) is 28.8. The first-order valence-corrected chi connectivity index (χ1v) is 15.1. The van der Waals surface area contributed by atoms with Crippen LogP contribution in [0.25, 0.3) is 0 Å². The molecule has 42 heavy (non-hydrogen) atoms. The maximum atomic E-state index is 6.26. The second-order valence-electron chi connectivity index (χ2n) is 10.3. The number of halogens is 2. The van der Waals surface area contributed by atoms with Gasteiger partial charge in [0.1, 0.15) is 0 Å². The molecular weight excluding hydrogens is 636 g/mol. The van der Waals surface area contributed by atoms with Gasteiger partial charge in [-0.25, -0.2) is 0 Å². The molecule has 1 heterocycles. The standard InChI is InChI=1S/C33H37ClN2O4S.BrH/c1-37-27-12-6-23(20-29(27)39-3)14-18-35-32-36(19-15-24-7-13-28(38-2)30(21-24)40-4)31(22-41-32)33(16-5-17-33)25-8-10-26(34)11-9-25;/h6-13,20-22H,5,14-19H2,1-4H3;1H. The van der Waals surface area contributed by atoms with Gasteiger partial charge in [0, 0.05) is 34.6 Å². The van der Waals surface area contributed by atoms with Gasteiger partial charge in [0.05, 0.1) is 28.4 Å². The van der Waals surface area contributed by atoms with Crippen molar-refractivity contribution in [3.63, 3.8) is 0 Å². The third-order valence-electron chi connectivity index (χ3n) is 8.06. The van der Waals surface area contributed by atoms with Crippen LogP contribution in [0.5, 0.6) is 23.0 Å². The first kappa shape index (κ1) is 32.0. The highest BCUT2D eigenvalue weighted by atomic mass is 79.9. The maximum absolute atomic E-state index is 6.26. The molecule has 0 saturated heterocycles. The number of benzene rings is 3. The summed E-state index contributed by atoms with van der Waals surface area (Å²) in [7, 11) is 6.66. The van der Waals surface area contributed by atoms with Crippen LogP contribution in [0.2, 0.25) is 5.02 Å². The molecule has 1 aliphatic rings. The fraction of sp³-hybridized carbons (Fsp3) is 0.364. The minimum absolute atomic E-state index is 0. The molecule has 0 unspecified atom stereocenters. The molecule has 0 radical (unpaired) electrons. The van der Waals surface area contributed by atoms with Gasteiger partial charge in [0.2, 0.25) is 0 Å². The van der Waals surface area contributed by atoms with E-state index in [-0.39, 0.29) is 22.4 Å². The number of nitrogens with zero attached hydrogens (tertiary/aromatic N) is 2. The number of methoxy groups -OCH3 is 4. The van der Waals surface area contributed by atoms with Crippen molar-refractivity contribution in [2.75, 3.05) is 35.0 Å². The Morgan fingerprint density at radius 2 is 1.36 bits per heavy atom. The number of ether oxygens (including phenoxy) is 4. The van der Waals surface area contributed by atoms with Crippen molar-refractivity contribution in [1.82, 2.24) is 4.57 Å². The van der Waals surface area contributed by atoms with Gasteiger partial charge in [-0.3, -0.25) is 4.99 Å². The van der Waals surface area contributed by atoms with Crippen LogP contribution in [0.3, 0.4) is 0 Å². The second kappa shape index (κ2) is 14.5. The molecular formula is C33H38BrClN2O4S. The predicted molar refractivity (Wildman–Crippen MR) is 176 cm³/mol. The lowest BCUT2D eigenvalue weighted by molar-refractivity contribution is 0.282. The van der Waals surface area contributed by atoms with Crippen molar-refractivity contribution in [3.05, 3.63) is 98.3 Å². The second-order valence-corrected chi connectivity index (χ2v) is 11.5. The summed E-state index contributed by atoms with van der Waals surface area (Å²) in [5.74, 6) is 2.96. The molecule has 1 aromatic heterocycles. The van der Waals surface area contributed by atoms with E-state index in [1.165, 1.54) is 23.2 Å². The predicted octanol–water partition coefficient (Wildman–Crippen LogP) is 7.67. The van der Waals surface area contributed by atoms with Gasteiger partial charge in [-0.15, -0.1) is 28.3 Å². The number of rotatable bonds is 12. The third kappa shape index (κ3) is 6.66. The Balaban J connectivity index is 0.00000405. The highest BCUT2D eigenvalue weighted by Gasteiger charge is 2.42. The van der Waals surface area contributed by atoms with E-state index in [0.717, 1.165) is 70.6 Å². The van der Waals surface area contributed by atoms with Gasteiger partial charge < -0.3 is 23.5 Å². The smallest absolute Gasteiger partial charge is 0.184 e. The summed E-state index contributed by atoms with van der Waals surface area (Å²) in [5, 5.41) is 3.08. The van der Waals surface area contributed by atoms with Crippen molar-refractivity contribution in [2.24, 2.45) is 4.99 Å². The Labute approximate surface area is 267 Å². The summed E-state index contributed by atoms with van der Waals surface area (Å²) in [4.78, 5) is 6.16. The van der Waals surface area contributed by atoms with Gasteiger partial charge >= 0.3 is 0 Å². The van der Waals surface area contributed by atoms with Crippen molar-refractivity contribution in [1.29, 1.82) is 0 Å². The van der Waals surface area contributed by atoms with Crippen LogP contribution >= 0.6 is 39.9 Å². The monoisotopic (exact) mass is 672 g/mol. The fourth-order valence-corrected chi connectivity index (χ4v) is 6.81.